The Morgan fingerprint density at radius 3 is 2.08 bits per heavy atom. The summed E-state index contributed by atoms with van der Waals surface area (Å²) in [6, 6.07) is 7.12. The normalized spacial score (nSPS) is 12.2. The molecule has 0 saturated carbocycles. The third-order valence-electron chi connectivity index (χ3n) is 3.18. The minimum atomic E-state index is -5.08. The summed E-state index contributed by atoms with van der Waals surface area (Å²) >= 11 is 0. The van der Waals surface area contributed by atoms with E-state index >= 15 is 0 Å². The molecule has 0 atom stereocenters. The number of halogens is 2. The molecule has 0 amide bonds. The molecule has 2 rings (SSSR count). The second kappa shape index (κ2) is 6.92. The van der Waals surface area contributed by atoms with Gasteiger partial charge in [-0.15, -0.1) is 0 Å². The molecule has 11 heteroatoms. The van der Waals surface area contributed by atoms with Crippen molar-refractivity contribution >= 4 is 31.4 Å². The second-order valence-corrected chi connectivity index (χ2v) is 8.69. The van der Waals surface area contributed by atoms with Crippen molar-refractivity contribution in [1.82, 2.24) is 4.98 Å². The third kappa shape index (κ3) is 4.04. The highest BCUT2D eigenvalue weighted by atomic mass is 32.2. The van der Waals surface area contributed by atoms with Crippen LogP contribution in [0.1, 0.15) is 0 Å². The van der Waals surface area contributed by atoms with Crippen LogP contribution in [0.4, 0.5) is 20.3 Å². The smallest absolute Gasteiger partial charge is 0.341 e. The third-order valence-corrected chi connectivity index (χ3v) is 6.16. The van der Waals surface area contributed by atoms with Crippen LogP contribution in [0.5, 0.6) is 0 Å². The van der Waals surface area contributed by atoms with Crippen LogP contribution in [0, 0.1) is 0 Å². The Morgan fingerprint density at radius 2 is 1.60 bits per heavy atom. The first-order valence-electron chi connectivity index (χ1n) is 6.83. The summed E-state index contributed by atoms with van der Waals surface area (Å²) < 4.78 is 76.0. The van der Waals surface area contributed by atoms with E-state index in [1.54, 1.807) is 25.1 Å². The highest BCUT2D eigenvalue weighted by molar-refractivity contribution is 7.95. The van der Waals surface area contributed by atoms with Crippen molar-refractivity contribution in [3.63, 3.8) is 0 Å². The monoisotopic (exact) mass is 391 g/mol. The summed E-state index contributed by atoms with van der Waals surface area (Å²) in [6.07, 6.45) is 1.40. The minimum absolute atomic E-state index is 0.0742. The zero-order valence-electron chi connectivity index (χ0n) is 13.2. The number of rotatable bonds is 6. The lowest BCUT2D eigenvalue weighted by Gasteiger charge is -2.14. The number of alkyl halides is 2. The van der Waals surface area contributed by atoms with Gasteiger partial charge in [0.1, 0.15) is 10.7 Å². The van der Waals surface area contributed by atoms with Crippen LogP contribution in [0.2, 0.25) is 0 Å². The van der Waals surface area contributed by atoms with Crippen LogP contribution in [0.25, 0.3) is 0 Å². The Bertz CT molecular complexity index is 960. The first-order valence-corrected chi connectivity index (χ1v) is 9.86. The van der Waals surface area contributed by atoms with Gasteiger partial charge in [0.2, 0.25) is 9.84 Å². The van der Waals surface area contributed by atoms with Crippen molar-refractivity contribution in [2.75, 3.05) is 23.7 Å². The number of nitrogens with one attached hydrogen (secondary N) is 1. The van der Waals surface area contributed by atoms with Crippen LogP contribution < -0.4 is 9.62 Å². The standard InChI is InChI=1S/C14H15F2N3O4S2/c1-19(2)10-7-8-13(17-9-10)18-25(22,23)12-6-4-3-5-11(12)24(20,21)14(15)16/h3-9,14H,1-2H3,(H,17,18). The molecule has 2 aromatic rings. The van der Waals surface area contributed by atoms with Crippen molar-refractivity contribution in [3.05, 3.63) is 42.6 Å². The zero-order chi connectivity index (χ0) is 18.8. The fourth-order valence-corrected chi connectivity index (χ4v) is 4.49. The Labute approximate surface area is 144 Å². The average molecular weight is 391 g/mol. The molecule has 1 heterocycles. The number of sulfonamides is 1. The molecule has 1 aromatic heterocycles. The minimum Gasteiger partial charge on any atom is -0.376 e. The Morgan fingerprint density at radius 1 is 1.00 bits per heavy atom. The summed E-state index contributed by atoms with van der Waals surface area (Å²) in [4.78, 5) is 3.91. The van der Waals surface area contributed by atoms with E-state index in [1.165, 1.54) is 24.4 Å². The Kier molecular flexibility index (Phi) is 5.28. The zero-order valence-corrected chi connectivity index (χ0v) is 14.9. The topological polar surface area (TPSA) is 96.4 Å². The number of pyridine rings is 1. The lowest BCUT2D eigenvalue weighted by molar-refractivity contribution is 0.234. The van der Waals surface area contributed by atoms with Gasteiger partial charge in [-0.05, 0) is 24.3 Å². The van der Waals surface area contributed by atoms with Gasteiger partial charge in [-0.1, -0.05) is 12.1 Å². The second-order valence-electron chi connectivity index (χ2n) is 5.15. The molecule has 136 valence electrons. The molecular formula is C14H15F2N3O4S2. The molecule has 0 radical (unpaired) electrons. The van der Waals surface area contributed by atoms with E-state index in [-0.39, 0.29) is 5.82 Å². The van der Waals surface area contributed by atoms with E-state index in [1.807, 2.05) is 0 Å². The van der Waals surface area contributed by atoms with Gasteiger partial charge in [0, 0.05) is 14.1 Å². The first kappa shape index (κ1) is 19.1. The van der Waals surface area contributed by atoms with Crippen LogP contribution in [-0.2, 0) is 19.9 Å². The van der Waals surface area contributed by atoms with Gasteiger partial charge in [-0.25, -0.2) is 21.8 Å². The molecule has 0 spiro atoms. The quantitative estimate of drug-likeness (QED) is 0.808. The van der Waals surface area contributed by atoms with Crippen LogP contribution in [0.15, 0.2) is 52.4 Å². The van der Waals surface area contributed by atoms with E-state index in [0.717, 1.165) is 12.1 Å². The lowest BCUT2D eigenvalue weighted by atomic mass is 10.4. The van der Waals surface area contributed by atoms with Crippen molar-refractivity contribution in [1.29, 1.82) is 0 Å². The summed E-state index contributed by atoms with van der Waals surface area (Å²) in [5.41, 5.74) is 0.712. The van der Waals surface area contributed by atoms with E-state index in [0.29, 0.717) is 5.69 Å². The van der Waals surface area contributed by atoms with E-state index < -0.39 is 35.4 Å². The van der Waals surface area contributed by atoms with Crippen molar-refractivity contribution in [2.45, 2.75) is 15.5 Å². The SMILES string of the molecule is CN(C)c1ccc(NS(=O)(=O)c2ccccc2S(=O)(=O)C(F)F)nc1. The van der Waals surface area contributed by atoms with Crippen molar-refractivity contribution < 1.29 is 25.6 Å². The summed E-state index contributed by atoms with van der Waals surface area (Å²) in [5, 5.41) is 0. The maximum atomic E-state index is 12.8. The lowest BCUT2D eigenvalue weighted by Crippen LogP contribution is -2.20. The predicted molar refractivity (Wildman–Crippen MR) is 89.0 cm³/mol. The molecule has 7 nitrogen and oxygen atoms in total. The van der Waals surface area contributed by atoms with Gasteiger partial charge >= 0.3 is 5.76 Å². The number of anilines is 2. The van der Waals surface area contributed by atoms with Crippen LogP contribution >= 0.6 is 0 Å². The molecule has 0 unspecified atom stereocenters. The van der Waals surface area contributed by atoms with Gasteiger partial charge in [0.25, 0.3) is 10.0 Å². The number of hydrogen-bond acceptors (Lipinski definition) is 6. The number of hydrogen-bond donors (Lipinski definition) is 1. The summed E-state index contributed by atoms with van der Waals surface area (Å²) in [5.74, 6) is -3.81. The molecule has 0 bridgehead atoms. The summed E-state index contributed by atoms with van der Waals surface area (Å²) in [6.45, 7) is 0. The number of nitrogens with zero attached hydrogens (tertiary/aromatic N) is 2. The maximum absolute atomic E-state index is 12.8. The Hall–Kier alpha value is -2.27. The molecule has 0 fully saturated rings. The van der Waals surface area contributed by atoms with E-state index in [9.17, 15) is 25.6 Å². The van der Waals surface area contributed by atoms with E-state index in [2.05, 4.69) is 9.71 Å². The maximum Gasteiger partial charge on any atom is 0.341 e. The van der Waals surface area contributed by atoms with Gasteiger partial charge in [-0.2, -0.15) is 8.78 Å². The highest BCUT2D eigenvalue weighted by Crippen LogP contribution is 2.27. The molecule has 25 heavy (non-hydrogen) atoms. The fraction of sp³-hybridized carbons (Fsp3) is 0.214. The van der Waals surface area contributed by atoms with Gasteiger partial charge in [0.05, 0.1) is 16.8 Å². The predicted octanol–water partition coefficient (Wildman–Crippen LogP) is 1.94. The number of sulfone groups is 1. The molecular weight excluding hydrogens is 376 g/mol. The molecule has 1 N–H and O–H groups in total. The van der Waals surface area contributed by atoms with E-state index in [4.69, 9.17) is 0 Å². The highest BCUT2D eigenvalue weighted by Gasteiger charge is 2.33. The Balaban J connectivity index is 2.44. The van der Waals surface area contributed by atoms with Crippen molar-refractivity contribution in [3.8, 4) is 0 Å². The molecule has 0 saturated heterocycles. The van der Waals surface area contributed by atoms with Crippen LogP contribution in [-0.4, -0.2) is 41.7 Å². The van der Waals surface area contributed by atoms with Gasteiger partial charge in [0.15, 0.2) is 0 Å². The molecule has 0 aliphatic carbocycles. The summed E-state index contributed by atoms with van der Waals surface area (Å²) in [7, 11) is -5.97. The average Bonchev–Trinajstić information content (AvgIpc) is 2.55. The van der Waals surface area contributed by atoms with Crippen molar-refractivity contribution in [2.24, 2.45) is 0 Å². The van der Waals surface area contributed by atoms with Crippen LogP contribution in [0.3, 0.4) is 0 Å². The largest absolute Gasteiger partial charge is 0.376 e. The molecule has 0 aliphatic rings. The molecule has 0 aliphatic heterocycles. The molecule has 1 aromatic carbocycles. The number of aromatic nitrogens is 1. The van der Waals surface area contributed by atoms with Gasteiger partial charge < -0.3 is 4.90 Å². The number of benzene rings is 1. The van der Waals surface area contributed by atoms with Gasteiger partial charge in [-0.3, -0.25) is 4.72 Å². The first-order chi connectivity index (χ1) is 11.6. The fourth-order valence-electron chi connectivity index (χ4n) is 1.91.